The first-order chi connectivity index (χ1) is 8.71. The van der Waals surface area contributed by atoms with Gasteiger partial charge in [-0.25, -0.2) is 4.79 Å². The van der Waals surface area contributed by atoms with Gasteiger partial charge in [-0.2, -0.15) is 0 Å². The van der Waals surface area contributed by atoms with E-state index < -0.39 is 0 Å². The van der Waals surface area contributed by atoms with Gasteiger partial charge in [-0.1, -0.05) is 31.4 Å². The zero-order valence-electron chi connectivity index (χ0n) is 10.7. The second-order valence-electron chi connectivity index (χ2n) is 3.81. The molecule has 1 rings (SSSR count). The Labute approximate surface area is 108 Å². The van der Waals surface area contributed by atoms with Crippen molar-refractivity contribution >= 4 is 11.7 Å². The minimum atomic E-state index is -0.323. The molecule has 0 saturated heterocycles. The van der Waals surface area contributed by atoms with Gasteiger partial charge in [0.15, 0.2) is 0 Å². The summed E-state index contributed by atoms with van der Waals surface area (Å²) >= 11 is 0. The molecule has 0 spiro atoms. The zero-order valence-corrected chi connectivity index (χ0v) is 10.7. The van der Waals surface area contributed by atoms with Gasteiger partial charge in [-0.05, 0) is 18.6 Å². The van der Waals surface area contributed by atoms with Crippen LogP contribution in [0.5, 0.6) is 5.75 Å². The molecule has 96 valence electrons. The largest absolute Gasteiger partial charge is 0.495 e. The summed E-state index contributed by atoms with van der Waals surface area (Å²) in [6.45, 7) is 2.02. The predicted molar refractivity (Wildman–Crippen MR) is 72.7 cm³/mol. The van der Waals surface area contributed by atoms with E-state index in [1.54, 1.807) is 19.2 Å². The molecule has 0 aliphatic heterocycles. The van der Waals surface area contributed by atoms with E-state index in [-0.39, 0.29) is 12.1 Å². The zero-order chi connectivity index (χ0) is 13.4. The summed E-state index contributed by atoms with van der Waals surface area (Å²) in [6.07, 6.45) is 7.02. The van der Waals surface area contributed by atoms with Crippen molar-refractivity contribution in [1.82, 2.24) is 5.32 Å². The van der Waals surface area contributed by atoms with Crippen molar-refractivity contribution in [2.45, 2.75) is 25.8 Å². The number of ether oxygens (including phenoxy) is 1. The third-order valence-corrected chi connectivity index (χ3v) is 2.44. The molecule has 18 heavy (non-hydrogen) atoms. The molecule has 1 aromatic carbocycles. The van der Waals surface area contributed by atoms with E-state index >= 15 is 0 Å². The molecule has 0 bridgehead atoms. The Morgan fingerprint density at radius 2 is 2.22 bits per heavy atom. The number of methoxy groups -OCH3 is 1. The number of anilines is 1. The number of hydrogen-bond donors (Lipinski definition) is 2. The van der Waals surface area contributed by atoms with E-state index in [2.05, 4.69) is 16.6 Å². The highest BCUT2D eigenvalue weighted by molar-refractivity contribution is 5.91. The first-order valence-corrected chi connectivity index (χ1v) is 5.88. The molecule has 0 saturated carbocycles. The van der Waals surface area contributed by atoms with Gasteiger partial charge in [0.2, 0.25) is 0 Å². The van der Waals surface area contributed by atoms with Crippen LogP contribution in [0.4, 0.5) is 10.5 Å². The summed E-state index contributed by atoms with van der Waals surface area (Å²) in [5.74, 6) is 3.16. The number of urea groups is 1. The summed E-state index contributed by atoms with van der Waals surface area (Å²) in [6, 6.07) is 6.64. The number of nitrogens with one attached hydrogen (secondary N) is 2. The van der Waals surface area contributed by atoms with E-state index in [9.17, 15) is 4.79 Å². The van der Waals surface area contributed by atoms with E-state index in [0.717, 1.165) is 12.8 Å². The first-order valence-electron chi connectivity index (χ1n) is 5.88. The SMILES string of the molecule is C#CC(CCC)NC(=O)Nc1ccccc1OC. The predicted octanol–water partition coefficient (Wildman–Crippen LogP) is 2.62. The molecule has 0 aliphatic carbocycles. The van der Waals surface area contributed by atoms with Crippen molar-refractivity contribution in [2.24, 2.45) is 0 Å². The summed E-state index contributed by atoms with van der Waals surface area (Å²) < 4.78 is 5.14. The number of carbonyl (C=O) groups excluding carboxylic acids is 1. The molecule has 0 fully saturated rings. The smallest absolute Gasteiger partial charge is 0.320 e. The fraction of sp³-hybridized carbons (Fsp3) is 0.357. The number of terminal acetylenes is 1. The Morgan fingerprint density at radius 3 is 2.83 bits per heavy atom. The van der Waals surface area contributed by atoms with Gasteiger partial charge in [-0.15, -0.1) is 6.42 Å². The summed E-state index contributed by atoms with van der Waals surface area (Å²) in [5, 5.41) is 5.44. The highest BCUT2D eigenvalue weighted by Gasteiger charge is 2.10. The van der Waals surface area contributed by atoms with Crippen LogP contribution in [0.15, 0.2) is 24.3 Å². The van der Waals surface area contributed by atoms with Crippen molar-refractivity contribution in [2.75, 3.05) is 12.4 Å². The second kappa shape index (κ2) is 7.23. The lowest BCUT2D eigenvalue weighted by Crippen LogP contribution is -2.37. The molecule has 0 aromatic heterocycles. The van der Waals surface area contributed by atoms with Crippen LogP contribution in [0, 0.1) is 12.3 Å². The normalized spacial score (nSPS) is 11.2. The third kappa shape index (κ3) is 4.02. The Kier molecular flexibility index (Phi) is 5.59. The monoisotopic (exact) mass is 246 g/mol. The lowest BCUT2D eigenvalue weighted by Gasteiger charge is -2.14. The van der Waals surface area contributed by atoms with Crippen LogP contribution in [0.25, 0.3) is 0 Å². The van der Waals surface area contributed by atoms with E-state index in [1.807, 2.05) is 19.1 Å². The number of carbonyl (C=O) groups is 1. The number of benzene rings is 1. The van der Waals surface area contributed by atoms with Crippen LogP contribution >= 0.6 is 0 Å². The maximum absolute atomic E-state index is 11.8. The molecular weight excluding hydrogens is 228 g/mol. The lowest BCUT2D eigenvalue weighted by molar-refractivity contribution is 0.250. The molecule has 1 aromatic rings. The number of para-hydroxylation sites is 2. The minimum absolute atomic E-state index is 0.246. The number of rotatable bonds is 5. The topological polar surface area (TPSA) is 50.4 Å². The van der Waals surface area contributed by atoms with Crippen molar-refractivity contribution in [3.63, 3.8) is 0 Å². The molecule has 1 atom stereocenters. The van der Waals surface area contributed by atoms with E-state index in [1.165, 1.54) is 0 Å². The maximum atomic E-state index is 11.8. The van der Waals surface area contributed by atoms with Gasteiger partial charge in [0.25, 0.3) is 0 Å². The Bertz CT molecular complexity index is 438. The second-order valence-corrected chi connectivity index (χ2v) is 3.81. The fourth-order valence-corrected chi connectivity index (χ4v) is 1.55. The summed E-state index contributed by atoms with van der Waals surface area (Å²) in [7, 11) is 1.56. The average molecular weight is 246 g/mol. The fourth-order valence-electron chi connectivity index (χ4n) is 1.55. The van der Waals surface area contributed by atoms with Crippen LogP contribution in [0.2, 0.25) is 0 Å². The van der Waals surface area contributed by atoms with Gasteiger partial charge >= 0.3 is 6.03 Å². The highest BCUT2D eigenvalue weighted by atomic mass is 16.5. The molecule has 4 nitrogen and oxygen atoms in total. The minimum Gasteiger partial charge on any atom is -0.495 e. The number of hydrogen-bond acceptors (Lipinski definition) is 2. The summed E-state index contributed by atoms with van der Waals surface area (Å²) in [5.41, 5.74) is 0.616. The number of amides is 2. The van der Waals surface area contributed by atoms with Crippen molar-refractivity contribution in [3.05, 3.63) is 24.3 Å². The standard InChI is InChI=1S/C14H18N2O2/c1-4-8-11(5-2)15-14(17)16-12-9-6-7-10-13(12)18-3/h2,6-7,9-11H,4,8H2,1,3H3,(H2,15,16,17). The summed E-state index contributed by atoms with van der Waals surface area (Å²) in [4.78, 5) is 11.8. The Balaban J connectivity index is 2.62. The molecule has 1 unspecified atom stereocenters. The molecule has 4 heteroatoms. The van der Waals surface area contributed by atoms with E-state index in [4.69, 9.17) is 11.2 Å². The lowest BCUT2D eigenvalue weighted by atomic mass is 10.2. The van der Waals surface area contributed by atoms with Crippen molar-refractivity contribution in [3.8, 4) is 18.1 Å². The quantitative estimate of drug-likeness (QED) is 0.785. The Morgan fingerprint density at radius 1 is 1.50 bits per heavy atom. The van der Waals surface area contributed by atoms with Crippen LogP contribution in [0.1, 0.15) is 19.8 Å². The van der Waals surface area contributed by atoms with Crippen molar-refractivity contribution < 1.29 is 9.53 Å². The first kappa shape index (κ1) is 13.9. The Hall–Kier alpha value is -2.15. The van der Waals surface area contributed by atoms with Gasteiger partial charge in [0.1, 0.15) is 5.75 Å². The molecule has 0 aliphatic rings. The third-order valence-electron chi connectivity index (χ3n) is 2.44. The molecule has 2 amide bonds. The van der Waals surface area contributed by atoms with Crippen LogP contribution in [0.3, 0.4) is 0 Å². The maximum Gasteiger partial charge on any atom is 0.320 e. The average Bonchev–Trinajstić information content (AvgIpc) is 2.38. The van der Waals surface area contributed by atoms with Crippen molar-refractivity contribution in [1.29, 1.82) is 0 Å². The van der Waals surface area contributed by atoms with Crippen LogP contribution < -0.4 is 15.4 Å². The van der Waals surface area contributed by atoms with Crippen LogP contribution in [-0.2, 0) is 0 Å². The van der Waals surface area contributed by atoms with Gasteiger partial charge in [-0.3, -0.25) is 0 Å². The molecule has 0 heterocycles. The van der Waals surface area contributed by atoms with Crippen LogP contribution in [-0.4, -0.2) is 19.2 Å². The van der Waals surface area contributed by atoms with Gasteiger partial charge in [0, 0.05) is 0 Å². The highest BCUT2D eigenvalue weighted by Crippen LogP contribution is 2.22. The molecule has 0 radical (unpaired) electrons. The molecular formula is C14H18N2O2. The van der Waals surface area contributed by atoms with E-state index in [0.29, 0.717) is 11.4 Å². The molecule has 2 N–H and O–H groups in total. The van der Waals surface area contributed by atoms with Gasteiger partial charge in [0.05, 0.1) is 18.8 Å². The van der Waals surface area contributed by atoms with Gasteiger partial charge < -0.3 is 15.4 Å².